The maximum absolute atomic E-state index is 13.9. The number of anilines is 1. The molecule has 2 aromatic rings. The molecule has 1 unspecified atom stereocenters. The molecule has 4 rings (SSSR count). The SMILES string of the molecule is COC[C@H]1CN(C(=O)OC(C)(C)C)[C@H](C)CN1CC(=O)N1CC(C)(c2ccccc2)c2ccc(C#N)cc21. The monoisotopic (exact) mass is 518 g/mol. The third-order valence-corrected chi connectivity index (χ3v) is 7.48. The van der Waals surface area contributed by atoms with Gasteiger partial charge in [-0.3, -0.25) is 9.69 Å². The van der Waals surface area contributed by atoms with Crippen LogP contribution < -0.4 is 4.90 Å². The van der Waals surface area contributed by atoms with Crippen molar-refractivity contribution in [2.24, 2.45) is 0 Å². The van der Waals surface area contributed by atoms with Crippen LogP contribution in [0, 0.1) is 11.3 Å². The molecule has 8 nitrogen and oxygen atoms in total. The van der Waals surface area contributed by atoms with Gasteiger partial charge in [-0.25, -0.2) is 4.79 Å². The topological polar surface area (TPSA) is 86.1 Å². The Morgan fingerprint density at radius 1 is 1.13 bits per heavy atom. The fourth-order valence-electron chi connectivity index (χ4n) is 5.54. The molecular weight excluding hydrogens is 480 g/mol. The molecule has 38 heavy (non-hydrogen) atoms. The van der Waals surface area contributed by atoms with Gasteiger partial charge in [-0.15, -0.1) is 0 Å². The summed E-state index contributed by atoms with van der Waals surface area (Å²) in [6.45, 7) is 11.7. The summed E-state index contributed by atoms with van der Waals surface area (Å²) >= 11 is 0. The second-order valence-electron chi connectivity index (χ2n) is 11.5. The fraction of sp³-hybridized carbons (Fsp3) is 0.500. The summed E-state index contributed by atoms with van der Waals surface area (Å²) in [7, 11) is 1.63. The maximum atomic E-state index is 13.9. The van der Waals surface area contributed by atoms with Crippen molar-refractivity contribution in [1.29, 1.82) is 5.26 Å². The highest BCUT2D eigenvalue weighted by molar-refractivity contribution is 5.98. The summed E-state index contributed by atoms with van der Waals surface area (Å²) in [5.41, 5.74) is 2.48. The Morgan fingerprint density at radius 2 is 1.84 bits per heavy atom. The van der Waals surface area contributed by atoms with Crippen molar-refractivity contribution in [3.63, 3.8) is 0 Å². The van der Waals surface area contributed by atoms with Crippen molar-refractivity contribution in [1.82, 2.24) is 9.80 Å². The predicted octanol–water partition coefficient (Wildman–Crippen LogP) is 4.17. The number of carbonyl (C=O) groups excluding carboxylic acids is 2. The second kappa shape index (κ2) is 10.8. The molecule has 3 atom stereocenters. The number of hydrogen-bond acceptors (Lipinski definition) is 6. The third kappa shape index (κ3) is 5.54. The van der Waals surface area contributed by atoms with Crippen molar-refractivity contribution in [2.45, 2.75) is 57.7 Å². The van der Waals surface area contributed by atoms with Gasteiger partial charge < -0.3 is 19.3 Å². The van der Waals surface area contributed by atoms with Crippen molar-refractivity contribution >= 4 is 17.7 Å². The number of ether oxygens (including phenoxy) is 2. The Balaban J connectivity index is 1.58. The summed E-state index contributed by atoms with van der Waals surface area (Å²) in [6, 6.07) is 17.7. The third-order valence-electron chi connectivity index (χ3n) is 7.48. The first-order valence-corrected chi connectivity index (χ1v) is 13.1. The fourth-order valence-corrected chi connectivity index (χ4v) is 5.54. The molecule has 2 aliphatic rings. The van der Waals surface area contributed by atoms with Crippen LogP contribution in [0.4, 0.5) is 10.5 Å². The smallest absolute Gasteiger partial charge is 0.410 e. The van der Waals surface area contributed by atoms with E-state index >= 15 is 0 Å². The zero-order chi connectivity index (χ0) is 27.7. The molecule has 2 aromatic carbocycles. The molecule has 0 N–H and O–H groups in total. The number of amides is 2. The first-order chi connectivity index (χ1) is 18.0. The quantitative estimate of drug-likeness (QED) is 0.591. The van der Waals surface area contributed by atoms with E-state index in [4.69, 9.17) is 9.47 Å². The normalized spacial score (nSPS) is 23.6. The lowest BCUT2D eigenvalue weighted by Gasteiger charge is -2.45. The molecule has 1 fully saturated rings. The van der Waals surface area contributed by atoms with Gasteiger partial charge in [0.1, 0.15) is 5.60 Å². The van der Waals surface area contributed by atoms with Crippen molar-refractivity contribution < 1.29 is 19.1 Å². The molecule has 2 aliphatic heterocycles. The lowest BCUT2D eigenvalue weighted by atomic mass is 9.78. The Hall–Kier alpha value is -3.41. The summed E-state index contributed by atoms with van der Waals surface area (Å²) in [5, 5.41) is 9.55. The van der Waals surface area contributed by atoms with Crippen LogP contribution in [-0.4, -0.2) is 79.4 Å². The van der Waals surface area contributed by atoms with Crippen LogP contribution in [0.2, 0.25) is 0 Å². The lowest BCUT2D eigenvalue weighted by Crippen LogP contribution is -2.62. The van der Waals surface area contributed by atoms with Crippen LogP contribution in [-0.2, 0) is 19.7 Å². The van der Waals surface area contributed by atoms with E-state index in [1.807, 2.05) is 69.0 Å². The average molecular weight is 519 g/mol. The van der Waals surface area contributed by atoms with E-state index in [9.17, 15) is 14.9 Å². The molecule has 1 saturated heterocycles. The molecular formula is C30H38N4O4. The highest BCUT2D eigenvalue weighted by Crippen LogP contribution is 2.45. The molecule has 2 amide bonds. The van der Waals surface area contributed by atoms with Gasteiger partial charge in [0.25, 0.3) is 0 Å². The Kier molecular flexibility index (Phi) is 7.82. The van der Waals surface area contributed by atoms with Crippen molar-refractivity contribution in [3.8, 4) is 6.07 Å². The highest BCUT2D eigenvalue weighted by Gasteiger charge is 2.44. The van der Waals surface area contributed by atoms with E-state index in [-0.39, 0.29) is 30.6 Å². The van der Waals surface area contributed by atoms with Gasteiger partial charge in [0, 0.05) is 43.9 Å². The van der Waals surface area contributed by atoms with Gasteiger partial charge in [-0.05, 0) is 57.9 Å². The minimum absolute atomic E-state index is 0.0417. The van der Waals surface area contributed by atoms with E-state index < -0.39 is 11.0 Å². The largest absolute Gasteiger partial charge is 0.444 e. The number of fused-ring (bicyclic) bond motifs is 1. The van der Waals surface area contributed by atoms with Gasteiger partial charge in [-0.2, -0.15) is 5.26 Å². The molecule has 8 heteroatoms. The summed E-state index contributed by atoms with van der Waals surface area (Å²) in [5.74, 6) is -0.0417. The summed E-state index contributed by atoms with van der Waals surface area (Å²) in [6.07, 6.45) is -0.354. The van der Waals surface area contributed by atoms with Crippen molar-refractivity contribution in [3.05, 3.63) is 65.2 Å². The number of methoxy groups -OCH3 is 1. The second-order valence-corrected chi connectivity index (χ2v) is 11.5. The first kappa shape index (κ1) is 27.6. The number of benzene rings is 2. The Bertz CT molecular complexity index is 1220. The maximum Gasteiger partial charge on any atom is 0.410 e. The zero-order valence-corrected chi connectivity index (χ0v) is 23.2. The van der Waals surface area contributed by atoms with E-state index in [1.54, 1.807) is 12.0 Å². The van der Waals surface area contributed by atoms with Crippen LogP contribution in [0.15, 0.2) is 48.5 Å². The Morgan fingerprint density at radius 3 is 2.47 bits per heavy atom. The van der Waals surface area contributed by atoms with Gasteiger partial charge in [0.15, 0.2) is 0 Å². The lowest BCUT2D eigenvalue weighted by molar-refractivity contribution is -0.121. The number of hydrogen-bond donors (Lipinski definition) is 0. The van der Waals surface area contributed by atoms with Crippen molar-refractivity contribution in [2.75, 3.05) is 44.8 Å². The molecule has 0 spiro atoms. The van der Waals surface area contributed by atoms with Gasteiger partial charge in [-0.1, -0.05) is 36.4 Å². The Labute approximate surface area is 225 Å². The standard InChI is InChI=1S/C30H38N4O4/c1-21-16-32(24(19-37-6)17-33(21)28(36)38-29(2,3)4)18-27(35)34-20-30(5,23-10-8-7-9-11-23)25-13-12-22(15-31)14-26(25)34/h7-14,21,24H,16-20H2,1-6H3/t21-,24-,30?/m1/s1. The van der Waals surface area contributed by atoms with E-state index in [0.717, 1.165) is 16.8 Å². The average Bonchev–Trinajstić information content (AvgIpc) is 3.18. The summed E-state index contributed by atoms with van der Waals surface area (Å²) < 4.78 is 11.1. The zero-order valence-electron chi connectivity index (χ0n) is 23.2. The van der Waals surface area contributed by atoms with E-state index in [1.165, 1.54) is 0 Å². The molecule has 202 valence electrons. The van der Waals surface area contributed by atoms with Crippen LogP contribution >= 0.6 is 0 Å². The number of carbonyl (C=O) groups is 2. The molecule has 2 heterocycles. The first-order valence-electron chi connectivity index (χ1n) is 13.1. The molecule has 0 radical (unpaired) electrons. The predicted molar refractivity (Wildman–Crippen MR) is 146 cm³/mol. The molecule has 0 aromatic heterocycles. The minimum atomic E-state index is -0.586. The van der Waals surface area contributed by atoms with Crippen LogP contribution in [0.1, 0.15) is 51.3 Å². The number of nitrogens with zero attached hydrogens (tertiary/aromatic N) is 4. The minimum Gasteiger partial charge on any atom is -0.444 e. The van der Waals surface area contributed by atoms with Crippen LogP contribution in [0.5, 0.6) is 0 Å². The van der Waals surface area contributed by atoms with Crippen LogP contribution in [0.3, 0.4) is 0 Å². The van der Waals surface area contributed by atoms with Gasteiger partial charge in [0.05, 0.1) is 30.8 Å². The number of piperazine rings is 1. The summed E-state index contributed by atoms with van der Waals surface area (Å²) in [4.78, 5) is 32.4. The van der Waals surface area contributed by atoms with Gasteiger partial charge in [0.2, 0.25) is 5.91 Å². The van der Waals surface area contributed by atoms with Gasteiger partial charge >= 0.3 is 6.09 Å². The van der Waals surface area contributed by atoms with Crippen LogP contribution in [0.25, 0.3) is 0 Å². The number of nitriles is 1. The highest BCUT2D eigenvalue weighted by atomic mass is 16.6. The van der Waals surface area contributed by atoms with E-state index in [2.05, 4.69) is 30.0 Å². The van der Waals surface area contributed by atoms with E-state index in [0.29, 0.717) is 31.8 Å². The molecule has 0 aliphatic carbocycles. The number of rotatable bonds is 5. The molecule has 0 saturated carbocycles. The molecule has 0 bridgehead atoms.